The van der Waals surface area contributed by atoms with E-state index < -0.39 is 9.84 Å². The fourth-order valence-electron chi connectivity index (χ4n) is 1.71. The molecule has 0 aromatic rings. The van der Waals surface area contributed by atoms with E-state index >= 15 is 0 Å². The highest BCUT2D eigenvalue weighted by Crippen LogP contribution is 2.21. The van der Waals surface area contributed by atoms with E-state index in [1.54, 1.807) is 0 Å². The Morgan fingerprint density at radius 1 is 1.64 bits per heavy atom. The molecule has 14 heavy (non-hydrogen) atoms. The van der Waals surface area contributed by atoms with Gasteiger partial charge in [-0.15, -0.1) is 0 Å². The van der Waals surface area contributed by atoms with Gasteiger partial charge in [0.15, 0.2) is 9.84 Å². The van der Waals surface area contributed by atoms with Gasteiger partial charge in [-0.3, -0.25) is 11.3 Å². The maximum atomic E-state index is 11.2. The molecule has 0 amide bonds. The number of rotatable bonds is 5. The molecule has 3 N–H and O–H groups in total. The molecule has 84 valence electrons. The van der Waals surface area contributed by atoms with Crippen LogP contribution in [0.5, 0.6) is 0 Å². The molecule has 1 fully saturated rings. The quantitative estimate of drug-likeness (QED) is 0.474. The summed E-state index contributed by atoms with van der Waals surface area (Å²) in [6.07, 6.45) is 0.685. The highest BCUT2D eigenvalue weighted by Gasteiger charge is 2.33. The minimum Gasteiger partial charge on any atom is -0.380 e. The molecule has 0 radical (unpaired) electrons. The lowest BCUT2D eigenvalue weighted by Crippen LogP contribution is -2.44. The van der Waals surface area contributed by atoms with Crippen molar-refractivity contribution in [3.63, 3.8) is 0 Å². The molecule has 1 saturated heterocycles. The first kappa shape index (κ1) is 11.9. The van der Waals surface area contributed by atoms with Crippen molar-refractivity contribution in [2.45, 2.75) is 19.4 Å². The summed E-state index contributed by atoms with van der Waals surface area (Å²) in [4.78, 5) is 0. The second kappa shape index (κ2) is 5.06. The summed E-state index contributed by atoms with van der Waals surface area (Å²) in [6, 6.07) is -0.0489. The van der Waals surface area contributed by atoms with Crippen molar-refractivity contribution in [2.24, 2.45) is 11.8 Å². The number of ether oxygens (including phenoxy) is 1. The fourth-order valence-corrected chi connectivity index (χ4v) is 3.59. The van der Waals surface area contributed by atoms with Crippen LogP contribution in [0.3, 0.4) is 0 Å². The van der Waals surface area contributed by atoms with Gasteiger partial charge >= 0.3 is 0 Å². The van der Waals surface area contributed by atoms with Crippen LogP contribution in [0.25, 0.3) is 0 Å². The Hall–Kier alpha value is -0.170. The monoisotopic (exact) mass is 222 g/mol. The van der Waals surface area contributed by atoms with Crippen LogP contribution in [0.1, 0.15) is 13.3 Å². The van der Waals surface area contributed by atoms with E-state index in [0.29, 0.717) is 19.6 Å². The molecule has 0 saturated carbocycles. The predicted octanol–water partition coefficient (Wildman–Crippen LogP) is -0.710. The van der Waals surface area contributed by atoms with Crippen LogP contribution in [0.4, 0.5) is 0 Å². The van der Waals surface area contributed by atoms with Gasteiger partial charge in [-0.05, 0) is 19.3 Å². The van der Waals surface area contributed by atoms with Crippen LogP contribution in [0, 0.1) is 5.92 Å². The fraction of sp³-hybridized carbons (Fsp3) is 1.00. The van der Waals surface area contributed by atoms with Crippen LogP contribution in [-0.2, 0) is 14.6 Å². The third kappa shape index (κ3) is 3.20. The number of nitrogens with two attached hydrogens (primary N) is 1. The van der Waals surface area contributed by atoms with Gasteiger partial charge < -0.3 is 4.74 Å². The molecule has 6 heteroatoms. The molecule has 2 atom stereocenters. The first-order valence-electron chi connectivity index (χ1n) is 4.83. The molecular formula is C8H18N2O3S. The lowest BCUT2D eigenvalue weighted by atomic mass is 10.0. The second-order valence-corrected chi connectivity index (χ2v) is 5.82. The van der Waals surface area contributed by atoms with E-state index in [-0.39, 0.29) is 23.5 Å². The molecule has 1 heterocycles. The Morgan fingerprint density at radius 2 is 2.36 bits per heavy atom. The molecule has 1 aliphatic heterocycles. The molecule has 0 bridgehead atoms. The highest BCUT2D eigenvalue weighted by atomic mass is 32.2. The molecule has 0 spiro atoms. The summed E-state index contributed by atoms with van der Waals surface area (Å²) in [6.45, 7) is 3.00. The summed E-state index contributed by atoms with van der Waals surface area (Å²) in [5, 5.41) is 0. The summed E-state index contributed by atoms with van der Waals surface area (Å²) >= 11 is 0. The maximum absolute atomic E-state index is 11.2. The van der Waals surface area contributed by atoms with Crippen molar-refractivity contribution in [3.8, 4) is 0 Å². The summed E-state index contributed by atoms with van der Waals surface area (Å²) < 4.78 is 27.7. The number of sulfone groups is 1. The SMILES string of the molecule is CCOCC(NN)C1CCS(=O)(=O)C1. The number of hydrogen-bond donors (Lipinski definition) is 2. The average Bonchev–Trinajstić information content (AvgIpc) is 2.48. The van der Waals surface area contributed by atoms with Gasteiger partial charge in [-0.25, -0.2) is 8.42 Å². The van der Waals surface area contributed by atoms with Gasteiger partial charge in [0, 0.05) is 12.6 Å². The van der Waals surface area contributed by atoms with Gasteiger partial charge in [0.25, 0.3) is 0 Å². The Morgan fingerprint density at radius 3 is 2.79 bits per heavy atom. The zero-order chi connectivity index (χ0) is 10.6. The van der Waals surface area contributed by atoms with Gasteiger partial charge in [0.05, 0.1) is 18.1 Å². The number of hydrazine groups is 1. The first-order valence-corrected chi connectivity index (χ1v) is 6.65. The molecule has 2 unspecified atom stereocenters. The molecule has 0 aromatic carbocycles. The summed E-state index contributed by atoms with van der Waals surface area (Å²) in [5.41, 5.74) is 2.63. The van der Waals surface area contributed by atoms with Gasteiger partial charge in [0.1, 0.15) is 0 Å². The van der Waals surface area contributed by atoms with E-state index in [1.165, 1.54) is 0 Å². The molecule has 0 aliphatic carbocycles. The standard InChI is InChI=1S/C8H18N2O3S/c1-2-13-5-8(10-9)7-3-4-14(11,12)6-7/h7-8,10H,2-6,9H2,1H3. The van der Waals surface area contributed by atoms with Gasteiger partial charge in [-0.1, -0.05) is 0 Å². The zero-order valence-corrected chi connectivity index (χ0v) is 9.22. The summed E-state index contributed by atoms with van der Waals surface area (Å²) in [7, 11) is -2.83. The third-order valence-electron chi connectivity index (χ3n) is 2.55. The van der Waals surface area contributed by atoms with Crippen LogP contribution < -0.4 is 11.3 Å². The first-order chi connectivity index (χ1) is 6.59. The third-order valence-corrected chi connectivity index (χ3v) is 4.35. The van der Waals surface area contributed by atoms with Crippen LogP contribution >= 0.6 is 0 Å². The van der Waals surface area contributed by atoms with Gasteiger partial charge in [-0.2, -0.15) is 0 Å². The number of hydrogen-bond acceptors (Lipinski definition) is 5. The highest BCUT2D eigenvalue weighted by molar-refractivity contribution is 7.91. The second-order valence-electron chi connectivity index (χ2n) is 3.60. The lowest BCUT2D eigenvalue weighted by molar-refractivity contribution is 0.107. The molecule has 1 aliphatic rings. The van der Waals surface area contributed by atoms with E-state index in [0.717, 1.165) is 0 Å². The van der Waals surface area contributed by atoms with E-state index in [2.05, 4.69) is 5.43 Å². The van der Waals surface area contributed by atoms with E-state index in [4.69, 9.17) is 10.6 Å². The van der Waals surface area contributed by atoms with Crippen molar-refractivity contribution >= 4 is 9.84 Å². The molecular weight excluding hydrogens is 204 g/mol. The Bertz CT molecular complexity index is 266. The van der Waals surface area contributed by atoms with Crippen molar-refractivity contribution < 1.29 is 13.2 Å². The minimum absolute atomic E-state index is 0.0489. The van der Waals surface area contributed by atoms with Crippen molar-refractivity contribution in [3.05, 3.63) is 0 Å². The minimum atomic E-state index is -2.83. The molecule has 0 aromatic heterocycles. The normalized spacial score (nSPS) is 27.7. The van der Waals surface area contributed by atoms with Crippen LogP contribution in [0.15, 0.2) is 0 Å². The van der Waals surface area contributed by atoms with Crippen molar-refractivity contribution in [1.82, 2.24) is 5.43 Å². The zero-order valence-electron chi connectivity index (χ0n) is 8.40. The lowest BCUT2D eigenvalue weighted by Gasteiger charge is -2.20. The predicted molar refractivity (Wildman–Crippen MR) is 54.4 cm³/mol. The topological polar surface area (TPSA) is 81.4 Å². The smallest absolute Gasteiger partial charge is 0.150 e. The van der Waals surface area contributed by atoms with Crippen LogP contribution in [-0.4, -0.2) is 39.2 Å². The Kier molecular flexibility index (Phi) is 4.31. The van der Waals surface area contributed by atoms with E-state index in [9.17, 15) is 8.42 Å². The average molecular weight is 222 g/mol. The van der Waals surface area contributed by atoms with E-state index in [1.807, 2.05) is 6.92 Å². The maximum Gasteiger partial charge on any atom is 0.150 e. The Labute approximate surface area is 84.9 Å². The number of nitrogens with one attached hydrogen (secondary N) is 1. The van der Waals surface area contributed by atoms with Crippen molar-refractivity contribution in [1.29, 1.82) is 0 Å². The largest absolute Gasteiger partial charge is 0.380 e. The molecule has 1 rings (SSSR count). The van der Waals surface area contributed by atoms with Gasteiger partial charge in [0.2, 0.25) is 0 Å². The summed E-state index contributed by atoms with van der Waals surface area (Å²) in [5.74, 6) is 5.96. The van der Waals surface area contributed by atoms with Crippen LogP contribution in [0.2, 0.25) is 0 Å². The van der Waals surface area contributed by atoms with Crippen molar-refractivity contribution in [2.75, 3.05) is 24.7 Å². The Balaban J connectivity index is 2.46. The molecule has 5 nitrogen and oxygen atoms in total.